The van der Waals surface area contributed by atoms with Gasteiger partial charge < -0.3 is 21.1 Å². The maximum atomic E-state index is 12.2. The summed E-state index contributed by atoms with van der Waals surface area (Å²) >= 11 is 0. The summed E-state index contributed by atoms with van der Waals surface area (Å²) in [5.74, 6) is 0.487. The second-order valence-corrected chi connectivity index (χ2v) is 6.80. The van der Waals surface area contributed by atoms with Gasteiger partial charge in [-0.3, -0.25) is 0 Å². The number of hydrogen-bond acceptors (Lipinski definition) is 7. The number of benzene rings is 2. The fraction of sp³-hybridized carbons (Fsp3) is 0.261. The molecule has 3 aromatic rings. The zero-order chi connectivity index (χ0) is 21.3. The molecule has 4 N–H and O–H groups in total. The summed E-state index contributed by atoms with van der Waals surface area (Å²) in [4.78, 5) is 20.7. The van der Waals surface area contributed by atoms with Gasteiger partial charge in [-0.2, -0.15) is 0 Å². The number of aromatic nitrogens is 2. The number of para-hydroxylation sites is 1. The minimum atomic E-state index is -0.408. The molecule has 0 radical (unpaired) electrons. The lowest BCUT2D eigenvalue weighted by atomic mass is 10.1. The van der Waals surface area contributed by atoms with Crippen LogP contribution in [0.3, 0.4) is 0 Å². The van der Waals surface area contributed by atoms with E-state index in [1.54, 1.807) is 25.1 Å². The molecule has 0 aliphatic heterocycles. The van der Waals surface area contributed by atoms with Crippen molar-refractivity contribution >= 4 is 34.7 Å². The van der Waals surface area contributed by atoms with Crippen molar-refractivity contribution in [3.8, 4) is 0 Å². The van der Waals surface area contributed by atoms with E-state index in [2.05, 4.69) is 39.7 Å². The van der Waals surface area contributed by atoms with Gasteiger partial charge in [-0.15, -0.1) is 0 Å². The Bertz CT molecular complexity index is 989. The predicted octanol–water partition coefficient (Wildman–Crippen LogP) is 5.07. The minimum absolute atomic E-state index is 0.300. The summed E-state index contributed by atoms with van der Waals surface area (Å²) < 4.78 is 5.12. The third-order valence-electron chi connectivity index (χ3n) is 4.60. The molecule has 0 saturated heterocycles. The highest BCUT2D eigenvalue weighted by atomic mass is 16.5. The standard InChI is InChI=1S/C23H27N5O2/c1-3-5-8-16-11-13-17(14-12-16)27-21-20(24)22(26-15-25-21)28-19-10-7-6-9-18(19)23(29)30-4-2/h6-7,9-15H,3-5,8,24H2,1-2H3,(H2,25,26,27,28). The summed E-state index contributed by atoms with van der Waals surface area (Å²) in [6.45, 7) is 4.25. The van der Waals surface area contributed by atoms with Crippen LogP contribution in [0.15, 0.2) is 54.9 Å². The molecule has 7 nitrogen and oxygen atoms in total. The Morgan fingerprint density at radius 2 is 1.70 bits per heavy atom. The fourth-order valence-electron chi connectivity index (χ4n) is 2.97. The van der Waals surface area contributed by atoms with Crippen molar-refractivity contribution in [2.45, 2.75) is 33.1 Å². The van der Waals surface area contributed by atoms with E-state index in [9.17, 15) is 4.79 Å². The summed E-state index contributed by atoms with van der Waals surface area (Å²) in [5.41, 5.74) is 9.81. The second kappa shape index (κ2) is 10.2. The summed E-state index contributed by atoms with van der Waals surface area (Å²) in [6.07, 6.45) is 4.84. The summed E-state index contributed by atoms with van der Waals surface area (Å²) in [6, 6.07) is 15.3. The molecule has 30 heavy (non-hydrogen) atoms. The highest BCUT2D eigenvalue weighted by Gasteiger charge is 2.15. The van der Waals surface area contributed by atoms with E-state index in [1.807, 2.05) is 18.2 Å². The van der Waals surface area contributed by atoms with Crippen molar-refractivity contribution in [1.29, 1.82) is 0 Å². The van der Waals surface area contributed by atoms with Crippen molar-refractivity contribution in [2.75, 3.05) is 23.0 Å². The lowest BCUT2D eigenvalue weighted by Gasteiger charge is -2.14. The average molecular weight is 406 g/mol. The van der Waals surface area contributed by atoms with Crippen LogP contribution in [0.2, 0.25) is 0 Å². The molecule has 156 valence electrons. The number of nitrogens with one attached hydrogen (secondary N) is 2. The monoisotopic (exact) mass is 405 g/mol. The van der Waals surface area contributed by atoms with Crippen LogP contribution in [-0.2, 0) is 11.2 Å². The minimum Gasteiger partial charge on any atom is -0.462 e. The van der Waals surface area contributed by atoms with Crippen molar-refractivity contribution < 1.29 is 9.53 Å². The Balaban J connectivity index is 1.78. The molecular weight excluding hydrogens is 378 g/mol. The molecule has 1 aromatic heterocycles. The number of nitrogens with two attached hydrogens (primary N) is 1. The van der Waals surface area contributed by atoms with Gasteiger partial charge in [0.25, 0.3) is 0 Å². The van der Waals surface area contributed by atoms with Crippen molar-refractivity contribution in [3.63, 3.8) is 0 Å². The van der Waals surface area contributed by atoms with E-state index in [-0.39, 0.29) is 0 Å². The normalized spacial score (nSPS) is 10.5. The molecule has 0 bridgehead atoms. The third-order valence-corrected chi connectivity index (χ3v) is 4.60. The Kier molecular flexibility index (Phi) is 7.21. The molecule has 0 fully saturated rings. The van der Waals surface area contributed by atoms with Gasteiger partial charge in [-0.25, -0.2) is 14.8 Å². The molecule has 2 aromatic carbocycles. The number of nitrogen functional groups attached to an aromatic ring is 1. The molecule has 3 rings (SSSR count). The molecule has 0 amide bonds. The van der Waals surface area contributed by atoms with Gasteiger partial charge >= 0.3 is 5.97 Å². The number of unbranched alkanes of at least 4 members (excludes halogenated alkanes) is 1. The topological polar surface area (TPSA) is 102 Å². The smallest absolute Gasteiger partial charge is 0.340 e. The number of carbonyl (C=O) groups excluding carboxylic acids is 1. The van der Waals surface area contributed by atoms with Gasteiger partial charge in [0.05, 0.1) is 17.9 Å². The Labute approximate surface area is 176 Å². The zero-order valence-corrected chi connectivity index (χ0v) is 17.3. The van der Waals surface area contributed by atoms with Gasteiger partial charge in [0.2, 0.25) is 0 Å². The SMILES string of the molecule is CCCCc1ccc(Nc2ncnc(Nc3ccccc3C(=O)OCC)c2N)cc1. The molecule has 7 heteroatoms. The van der Waals surface area contributed by atoms with Gasteiger partial charge in [-0.1, -0.05) is 37.6 Å². The number of nitrogens with zero attached hydrogens (tertiary/aromatic N) is 2. The van der Waals surface area contributed by atoms with Crippen LogP contribution in [0, 0.1) is 0 Å². The first-order chi connectivity index (χ1) is 14.6. The number of anilines is 5. The van der Waals surface area contributed by atoms with E-state index in [0.29, 0.717) is 35.2 Å². The molecule has 1 heterocycles. The van der Waals surface area contributed by atoms with Crippen molar-refractivity contribution in [1.82, 2.24) is 9.97 Å². The third kappa shape index (κ3) is 5.26. The van der Waals surface area contributed by atoms with Crippen LogP contribution >= 0.6 is 0 Å². The predicted molar refractivity (Wildman–Crippen MR) is 120 cm³/mol. The number of hydrogen-bond donors (Lipinski definition) is 3. The van der Waals surface area contributed by atoms with E-state index in [1.165, 1.54) is 24.7 Å². The number of esters is 1. The van der Waals surface area contributed by atoms with Gasteiger partial charge in [0.15, 0.2) is 11.6 Å². The maximum absolute atomic E-state index is 12.2. The highest BCUT2D eigenvalue weighted by molar-refractivity contribution is 5.97. The van der Waals surface area contributed by atoms with Crippen LogP contribution in [0.1, 0.15) is 42.6 Å². The number of rotatable bonds is 9. The average Bonchev–Trinajstić information content (AvgIpc) is 2.76. The number of aryl methyl sites for hydroxylation is 1. The van der Waals surface area contributed by atoms with Crippen LogP contribution in [0.4, 0.5) is 28.7 Å². The van der Waals surface area contributed by atoms with Crippen LogP contribution in [0.25, 0.3) is 0 Å². The van der Waals surface area contributed by atoms with E-state index in [4.69, 9.17) is 10.5 Å². The molecule has 0 aliphatic carbocycles. The molecule has 0 spiro atoms. The maximum Gasteiger partial charge on any atom is 0.340 e. The van der Waals surface area contributed by atoms with E-state index >= 15 is 0 Å². The van der Waals surface area contributed by atoms with E-state index in [0.717, 1.165) is 12.1 Å². The lowest BCUT2D eigenvalue weighted by Crippen LogP contribution is -2.10. The Morgan fingerprint density at radius 3 is 2.40 bits per heavy atom. The molecule has 0 atom stereocenters. The molecular formula is C23H27N5O2. The first-order valence-electron chi connectivity index (χ1n) is 10.1. The van der Waals surface area contributed by atoms with Gasteiger partial charge in [0.1, 0.15) is 12.0 Å². The number of carbonyl (C=O) groups is 1. The molecule has 0 aliphatic rings. The van der Waals surface area contributed by atoms with Gasteiger partial charge in [-0.05, 0) is 49.6 Å². The largest absolute Gasteiger partial charge is 0.462 e. The van der Waals surface area contributed by atoms with Crippen LogP contribution < -0.4 is 16.4 Å². The van der Waals surface area contributed by atoms with Crippen molar-refractivity contribution in [3.05, 3.63) is 66.0 Å². The zero-order valence-electron chi connectivity index (χ0n) is 17.3. The first kappa shape index (κ1) is 21.1. The molecule has 0 unspecified atom stereocenters. The van der Waals surface area contributed by atoms with Crippen molar-refractivity contribution in [2.24, 2.45) is 0 Å². The first-order valence-corrected chi connectivity index (χ1v) is 10.1. The summed E-state index contributed by atoms with van der Waals surface area (Å²) in [5, 5.41) is 6.35. The number of ether oxygens (including phenoxy) is 1. The Morgan fingerprint density at radius 1 is 1.00 bits per heavy atom. The fourth-order valence-corrected chi connectivity index (χ4v) is 2.97. The van der Waals surface area contributed by atoms with Crippen LogP contribution in [-0.4, -0.2) is 22.5 Å². The second-order valence-electron chi connectivity index (χ2n) is 6.80. The highest BCUT2D eigenvalue weighted by Crippen LogP contribution is 2.29. The quantitative estimate of drug-likeness (QED) is 0.427. The van der Waals surface area contributed by atoms with Gasteiger partial charge in [0, 0.05) is 5.69 Å². The molecule has 0 saturated carbocycles. The van der Waals surface area contributed by atoms with Crippen LogP contribution in [0.5, 0.6) is 0 Å². The summed E-state index contributed by atoms with van der Waals surface area (Å²) in [7, 11) is 0. The Hall–Kier alpha value is -3.61. The lowest BCUT2D eigenvalue weighted by molar-refractivity contribution is 0.0527. The van der Waals surface area contributed by atoms with E-state index < -0.39 is 5.97 Å².